The Morgan fingerprint density at radius 2 is 1.91 bits per heavy atom. The SMILES string of the molecule is C=C(CC1CC1)N(C)N(C)C. The zero-order chi connectivity index (χ0) is 8.43. The topological polar surface area (TPSA) is 6.48 Å². The third-order valence-electron chi connectivity index (χ3n) is 2.28. The van der Waals surface area contributed by atoms with Crippen LogP contribution in [-0.4, -0.2) is 31.2 Å². The molecule has 64 valence electrons. The number of hydrogen-bond donors (Lipinski definition) is 0. The van der Waals surface area contributed by atoms with Crippen LogP contribution in [0.2, 0.25) is 0 Å². The summed E-state index contributed by atoms with van der Waals surface area (Å²) in [5.41, 5.74) is 1.23. The third-order valence-corrected chi connectivity index (χ3v) is 2.28. The van der Waals surface area contributed by atoms with E-state index in [0.29, 0.717) is 0 Å². The van der Waals surface area contributed by atoms with Crippen molar-refractivity contribution in [3.8, 4) is 0 Å². The molecule has 0 heterocycles. The van der Waals surface area contributed by atoms with Crippen LogP contribution < -0.4 is 0 Å². The molecule has 0 unspecified atom stereocenters. The molecule has 0 N–H and O–H groups in total. The summed E-state index contributed by atoms with van der Waals surface area (Å²) >= 11 is 0. The van der Waals surface area contributed by atoms with Crippen molar-refractivity contribution in [3.05, 3.63) is 12.3 Å². The molecule has 0 amide bonds. The first-order valence-corrected chi connectivity index (χ1v) is 4.20. The van der Waals surface area contributed by atoms with Crippen molar-refractivity contribution in [3.63, 3.8) is 0 Å². The van der Waals surface area contributed by atoms with Crippen molar-refractivity contribution in [1.82, 2.24) is 10.0 Å². The highest BCUT2D eigenvalue weighted by molar-refractivity contribution is 4.96. The molecule has 1 fully saturated rings. The van der Waals surface area contributed by atoms with Crippen LogP contribution in [0.15, 0.2) is 12.3 Å². The van der Waals surface area contributed by atoms with E-state index in [2.05, 4.69) is 23.6 Å². The molecule has 1 rings (SSSR count). The zero-order valence-corrected chi connectivity index (χ0v) is 7.80. The molecule has 0 aromatic rings. The second-order valence-corrected chi connectivity index (χ2v) is 3.58. The lowest BCUT2D eigenvalue weighted by atomic mass is 10.2. The highest BCUT2D eigenvalue weighted by Crippen LogP contribution is 2.35. The molecule has 0 aromatic heterocycles. The molecule has 0 aliphatic heterocycles. The summed E-state index contributed by atoms with van der Waals surface area (Å²) in [6.45, 7) is 4.04. The maximum atomic E-state index is 4.04. The fourth-order valence-corrected chi connectivity index (χ4v) is 1.07. The van der Waals surface area contributed by atoms with Gasteiger partial charge < -0.3 is 5.01 Å². The Labute approximate surface area is 69.5 Å². The molecule has 2 heteroatoms. The Hall–Kier alpha value is -0.500. The molecule has 0 saturated heterocycles. The van der Waals surface area contributed by atoms with E-state index >= 15 is 0 Å². The van der Waals surface area contributed by atoms with E-state index in [9.17, 15) is 0 Å². The Morgan fingerprint density at radius 3 is 2.27 bits per heavy atom. The van der Waals surface area contributed by atoms with Gasteiger partial charge in [-0.3, -0.25) is 0 Å². The van der Waals surface area contributed by atoms with Crippen molar-refractivity contribution in [1.29, 1.82) is 0 Å². The van der Waals surface area contributed by atoms with Gasteiger partial charge >= 0.3 is 0 Å². The maximum Gasteiger partial charge on any atom is 0.0230 e. The van der Waals surface area contributed by atoms with Crippen LogP contribution in [0.3, 0.4) is 0 Å². The van der Waals surface area contributed by atoms with Gasteiger partial charge in [0.05, 0.1) is 0 Å². The number of nitrogens with zero attached hydrogens (tertiary/aromatic N) is 2. The van der Waals surface area contributed by atoms with Crippen molar-refractivity contribution in [2.75, 3.05) is 21.1 Å². The van der Waals surface area contributed by atoms with E-state index in [-0.39, 0.29) is 0 Å². The molecule has 0 radical (unpaired) electrons. The first kappa shape index (κ1) is 8.60. The molecule has 1 saturated carbocycles. The summed E-state index contributed by atoms with van der Waals surface area (Å²) < 4.78 is 0. The average molecular weight is 154 g/mol. The predicted molar refractivity (Wildman–Crippen MR) is 47.9 cm³/mol. The van der Waals surface area contributed by atoms with Crippen LogP contribution >= 0.6 is 0 Å². The first-order chi connectivity index (χ1) is 5.11. The number of hydrogen-bond acceptors (Lipinski definition) is 2. The Bertz CT molecular complexity index is 148. The van der Waals surface area contributed by atoms with E-state index in [1.165, 1.54) is 25.0 Å². The normalized spacial score (nSPS) is 17.1. The fraction of sp³-hybridized carbons (Fsp3) is 0.778. The Morgan fingerprint density at radius 1 is 1.36 bits per heavy atom. The van der Waals surface area contributed by atoms with Gasteiger partial charge in [0.25, 0.3) is 0 Å². The van der Waals surface area contributed by atoms with E-state index < -0.39 is 0 Å². The number of allylic oxidation sites excluding steroid dienone is 1. The molecule has 0 atom stereocenters. The summed E-state index contributed by atoms with van der Waals surface area (Å²) in [7, 11) is 6.14. The van der Waals surface area contributed by atoms with Crippen LogP contribution in [0.1, 0.15) is 19.3 Å². The minimum absolute atomic E-state index is 0.935. The number of hydrazine groups is 1. The molecule has 1 aliphatic rings. The summed E-state index contributed by atoms with van der Waals surface area (Å²) in [4.78, 5) is 0. The van der Waals surface area contributed by atoms with E-state index in [1.807, 2.05) is 14.1 Å². The van der Waals surface area contributed by atoms with E-state index in [4.69, 9.17) is 0 Å². The summed E-state index contributed by atoms with van der Waals surface area (Å²) in [6.07, 6.45) is 3.98. The standard InChI is InChI=1S/C9H18N2/c1-8(7-9-5-6-9)11(4)10(2)3/h9H,1,5-7H2,2-4H3. The smallest absolute Gasteiger partial charge is 0.0230 e. The second-order valence-electron chi connectivity index (χ2n) is 3.58. The van der Waals surface area contributed by atoms with Gasteiger partial charge in [0.1, 0.15) is 0 Å². The fourth-order valence-electron chi connectivity index (χ4n) is 1.07. The van der Waals surface area contributed by atoms with Crippen LogP contribution in [0.25, 0.3) is 0 Å². The minimum Gasteiger partial charge on any atom is -0.314 e. The van der Waals surface area contributed by atoms with Gasteiger partial charge in [0.2, 0.25) is 0 Å². The van der Waals surface area contributed by atoms with Gasteiger partial charge in [-0.15, -0.1) is 0 Å². The maximum absolute atomic E-state index is 4.04. The van der Waals surface area contributed by atoms with Crippen LogP contribution in [-0.2, 0) is 0 Å². The summed E-state index contributed by atoms with van der Waals surface area (Å²) in [6, 6.07) is 0. The molecule has 1 aliphatic carbocycles. The molecule has 11 heavy (non-hydrogen) atoms. The Balaban J connectivity index is 2.26. The van der Waals surface area contributed by atoms with Crippen LogP contribution in [0.4, 0.5) is 0 Å². The zero-order valence-electron chi connectivity index (χ0n) is 7.80. The van der Waals surface area contributed by atoms with Crippen LogP contribution in [0.5, 0.6) is 0 Å². The molecule has 0 bridgehead atoms. The summed E-state index contributed by atoms with van der Waals surface area (Å²) in [5, 5.41) is 4.17. The highest BCUT2D eigenvalue weighted by Gasteiger charge is 2.23. The highest BCUT2D eigenvalue weighted by atomic mass is 15.6. The second kappa shape index (κ2) is 3.26. The van der Waals surface area contributed by atoms with Gasteiger partial charge in [-0.25, -0.2) is 5.01 Å². The molecule has 0 spiro atoms. The van der Waals surface area contributed by atoms with Gasteiger partial charge in [0.15, 0.2) is 0 Å². The van der Waals surface area contributed by atoms with Gasteiger partial charge in [-0.05, 0) is 25.2 Å². The molecular formula is C9H18N2. The monoisotopic (exact) mass is 154 g/mol. The van der Waals surface area contributed by atoms with E-state index in [1.54, 1.807) is 0 Å². The van der Waals surface area contributed by atoms with Crippen molar-refractivity contribution in [2.24, 2.45) is 5.92 Å². The molecular weight excluding hydrogens is 136 g/mol. The molecule has 2 nitrogen and oxygen atoms in total. The van der Waals surface area contributed by atoms with Gasteiger partial charge in [-0.1, -0.05) is 6.58 Å². The van der Waals surface area contributed by atoms with E-state index in [0.717, 1.165) is 5.92 Å². The lowest BCUT2D eigenvalue weighted by Gasteiger charge is -2.28. The van der Waals surface area contributed by atoms with Gasteiger partial charge in [-0.2, -0.15) is 0 Å². The average Bonchev–Trinajstić information content (AvgIpc) is 2.69. The first-order valence-electron chi connectivity index (χ1n) is 4.20. The minimum atomic E-state index is 0.935. The number of rotatable bonds is 4. The molecule has 0 aromatic carbocycles. The summed E-state index contributed by atoms with van der Waals surface area (Å²) in [5.74, 6) is 0.935. The largest absolute Gasteiger partial charge is 0.314 e. The lowest BCUT2D eigenvalue weighted by molar-refractivity contribution is 0.0932. The lowest BCUT2D eigenvalue weighted by Crippen LogP contribution is -2.32. The van der Waals surface area contributed by atoms with Crippen molar-refractivity contribution in [2.45, 2.75) is 19.3 Å². The third kappa shape index (κ3) is 2.54. The van der Waals surface area contributed by atoms with Gasteiger partial charge in [0, 0.05) is 26.8 Å². The quantitative estimate of drug-likeness (QED) is 0.569. The Kier molecular flexibility index (Phi) is 2.55. The van der Waals surface area contributed by atoms with Crippen molar-refractivity contribution < 1.29 is 0 Å². The predicted octanol–water partition coefficient (Wildman–Crippen LogP) is 1.71. The van der Waals surface area contributed by atoms with Crippen molar-refractivity contribution >= 4 is 0 Å². The van der Waals surface area contributed by atoms with Crippen LogP contribution in [0, 0.1) is 5.92 Å².